The highest BCUT2D eigenvalue weighted by atomic mass is 31.2. The fraction of sp³-hybridized carbons (Fsp3) is 0.851. The van der Waals surface area contributed by atoms with Crippen LogP contribution in [-0.2, 0) is 46.6 Å². The molecule has 1 aliphatic heterocycles. The van der Waals surface area contributed by atoms with Crippen LogP contribution in [0.1, 0.15) is 174 Å². The molecule has 68 heavy (non-hydrogen) atoms. The second-order valence-electron chi connectivity index (χ2n) is 18.3. The molecule has 1 saturated carbocycles. The summed E-state index contributed by atoms with van der Waals surface area (Å²) < 4.78 is 52.2. The molecule has 19 nitrogen and oxygen atoms in total. The summed E-state index contributed by atoms with van der Waals surface area (Å²) in [6, 6.07) is 0. The van der Waals surface area contributed by atoms with Crippen LogP contribution in [0, 0.1) is 11.8 Å². The molecule has 0 aromatic carbocycles. The lowest BCUT2D eigenvalue weighted by Gasteiger charge is -2.38. The third kappa shape index (κ3) is 26.0. The lowest BCUT2D eigenvalue weighted by molar-refractivity contribution is -0.165. The number of ether oxygens (including phenoxy) is 2. The average molecular weight is 1020 g/mol. The standard InChI is InChI=1S/C47H84O19P2/c1-3-5-7-8-9-10-11-12-13-14-15-16-17-18-24-28-41(52)64-35-32-62-40(51)27-23-20-19-22-26-36-38(49)31-39(50)37(30-29-34(48)25-21-6-4-2)43(54)46(65-67(57,58)59)47(45(56)44(55)42(36)53)66-68(60,61)63-33-35/h5,7,29-30,34-38,42-49,53-56H,3-4,6,8-28,31-33H2,1-2H3,(H,60,61)(H2,57,58,59)/b7-5-,30-29+/t34-,35+,36-,37-,38-,42+,43+,44-,45+,46+,47-/m0/s1. The Morgan fingerprint density at radius 3 is 2.07 bits per heavy atom. The van der Waals surface area contributed by atoms with Crippen LogP contribution in [0.5, 0.6) is 0 Å². The molecule has 21 heteroatoms. The van der Waals surface area contributed by atoms with E-state index in [1.807, 2.05) is 6.92 Å². The predicted molar refractivity (Wildman–Crippen MR) is 251 cm³/mol. The first-order chi connectivity index (χ1) is 32.3. The molecule has 0 aromatic rings. The van der Waals surface area contributed by atoms with Crippen LogP contribution in [0.25, 0.3) is 0 Å². The summed E-state index contributed by atoms with van der Waals surface area (Å²) in [4.78, 5) is 70.7. The van der Waals surface area contributed by atoms with E-state index < -0.39 is 120 Å². The van der Waals surface area contributed by atoms with Crippen molar-refractivity contribution in [3.63, 3.8) is 0 Å². The fourth-order valence-electron chi connectivity index (χ4n) is 8.48. The minimum absolute atomic E-state index is 0.0290. The third-order valence-electron chi connectivity index (χ3n) is 12.4. The van der Waals surface area contributed by atoms with Crippen molar-refractivity contribution in [2.45, 2.75) is 229 Å². The van der Waals surface area contributed by atoms with Gasteiger partial charge in [-0.25, -0.2) is 9.13 Å². The second kappa shape index (κ2) is 34.4. The van der Waals surface area contributed by atoms with Gasteiger partial charge in [0.2, 0.25) is 0 Å². The number of fused-ring (bicyclic) bond motifs is 4. The van der Waals surface area contributed by atoms with Gasteiger partial charge in [-0.05, 0) is 44.9 Å². The summed E-state index contributed by atoms with van der Waals surface area (Å²) >= 11 is 0. The van der Waals surface area contributed by atoms with E-state index in [1.54, 1.807) is 0 Å². The Hall–Kier alpha value is -1.93. The second-order valence-corrected chi connectivity index (χ2v) is 20.9. The van der Waals surface area contributed by atoms with Crippen LogP contribution in [0.3, 0.4) is 0 Å². The number of unbranched alkanes of at least 4 members (excludes halogenated alkanes) is 13. The molecule has 9 N–H and O–H groups in total. The molecule has 0 radical (unpaired) electrons. The molecule has 12 atom stereocenters. The Bertz CT molecular complexity index is 1570. The number of ketones is 1. The zero-order valence-electron chi connectivity index (χ0n) is 40.3. The molecule has 2 aliphatic rings. The van der Waals surface area contributed by atoms with E-state index in [-0.39, 0.29) is 32.1 Å². The molecule has 2 bridgehead atoms. The molecule has 0 amide bonds. The number of rotatable bonds is 24. The van der Waals surface area contributed by atoms with Gasteiger partial charge in [-0.1, -0.05) is 134 Å². The number of esters is 2. The Labute approximate surface area is 402 Å². The van der Waals surface area contributed by atoms with Gasteiger partial charge in [0, 0.05) is 25.2 Å². The Balaban J connectivity index is 2.33. The minimum Gasteiger partial charge on any atom is -0.462 e. The smallest absolute Gasteiger partial charge is 0.462 e. The highest BCUT2D eigenvalue weighted by Gasteiger charge is 2.51. The number of cyclic esters (lactones) is 1. The predicted octanol–water partition coefficient (Wildman–Crippen LogP) is 6.32. The van der Waals surface area contributed by atoms with Crippen LogP contribution < -0.4 is 0 Å². The van der Waals surface area contributed by atoms with E-state index >= 15 is 0 Å². The molecule has 2 rings (SSSR count). The highest BCUT2D eigenvalue weighted by Crippen LogP contribution is 2.49. The van der Waals surface area contributed by atoms with E-state index in [4.69, 9.17) is 23.0 Å². The van der Waals surface area contributed by atoms with Crippen molar-refractivity contribution in [3.05, 3.63) is 24.3 Å². The monoisotopic (exact) mass is 1010 g/mol. The zero-order chi connectivity index (χ0) is 50.5. The van der Waals surface area contributed by atoms with Gasteiger partial charge in [0.05, 0.1) is 36.9 Å². The minimum atomic E-state index is -5.79. The molecule has 0 spiro atoms. The van der Waals surface area contributed by atoms with Gasteiger partial charge in [-0.3, -0.25) is 28.0 Å². The first kappa shape index (κ1) is 62.2. The number of hydrogen-bond donors (Lipinski definition) is 9. The molecule has 1 aliphatic carbocycles. The van der Waals surface area contributed by atoms with Crippen molar-refractivity contribution in [1.29, 1.82) is 0 Å². The molecule has 0 aromatic heterocycles. The van der Waals surface area contributed by atoms with Gasteiger partial charge in [-0.15, -0.1) is 0 Å². The van der Waals surface area contributed by atoms with Crippen molar-refractivity contribution in [2.75, 3.05) is 13.2 Å². The molecular weight excluding hydrogens is 930 g/mol. The summed E-state index contributed by atoms with van der Waals surface area (Å²) in [6.45, 7) is 2.49. The summed E-state index contributed by atoms with van der Waals surface area (Å²) in [5.41, 5.74) is 0. The number of allylic oxidation sites excluding steroid dienone is 2. The SMILES string of the molecule is CC/C=C\CCCCCCCCCCCCCC(=O)O[C@@H]1COC(=O)CCCCCC[C@@H]2[C@@H](O)[C@H](O)[C@@H](O)[C@H](OP(=O)(O)OC1)[C@H](OP(=O)(O)O)[C@H](O)[C@@H](/C=C/[C@@H](O)CCCCC)C(=O)C[C@@H]2O. The van der Waals surface area contributed by atoms with Gasteiger partial charge in [0.15, 0.2) is 6.10 Å². The normalized spacial score (nSPS) is 30.7. The van der Waals surface area contributed by atoms with Crippen LogP contribution in [0.4, 0.5) is 0 Å². The van der Waals surface area contributed by atoms with Crippen molar-refractivity contribution in [1.82, 2.24) is 0 Å². The van der Waals surface area contributed by atoms with E-state index in [2.05, 4.69) is 19.1 Å². The van der Waals surface area contributed by atoms with Crippen LogP contribution in [0.2, 0.25) is 0 Å². The van der Waals surface area contributed by atoms with Gasteiger partial charge in [-0.2, -0.15) is 0 Å². The third-order valence-corrected chi connectivity index (χ3v) is 13.9. The first-order valence-electron chi connectivity index (χ1n) is 25.0. The van der Waals surface area contributed by atoms with E-state index in [0.717, 1.165) is 69.9 Å². The maximum atomic E-state index is 13.9. The fourth-order valence-corrected chi connectivity index (χ4v) is 10.0. The summed E-state index contributed by atoms with van der Waals surface area (Å²) in [6.07, 6.45) is 3.80. The number of carbonyl (C=O) groups is 3. The van der Waals surface area contributed by atoms with Gasteiger partial charge in [0.25, 0.3) is 0 Å². The lowest BCUT2D eigenvalue weighted by Crippen LogP contribution is -2.56. The summed E-state index contributed by atoms with van der Waals surface area (Å²) in [5.74, 6) is -5.63. The highest BCUT2D eigenvalue weighted by molar-refractivity contribution is 7.47. The molecular formula is C47H84O19P2. The van der Waals surface area contributed by atoms with Crippen molar-refractivity contribution < 1.29 is 91.9 Å². The molecule has 1 saturated heterocycles. The van der Waals surface area contributed by atoms with Crippen LogP contribution in [0.15, 0.2) is 24.3 Å². The van der Waals surface area contributed by atoms with Crippen molar-refractivity contribution in [2.24, 2.45) is 11.8 Å². The maximum Gasteiger partial charge on any atom is 0.472 e. The van der Waals surface area contributed by atoms with Gasteiger partial charge in [0.1, 0.15) is 36.8 Å². The number of carbonyl (C=O) groups excluding carboxylic acids is 3. The average Bonchev–Trinajstić information content (AvgIpc) is 3.28. The number of phosphoric acid groups is 2. The Morgan fingerprint density at radius 1 is 0.809 bits per heavy atom. The number of Topliss-reactive ketones (excluding diaryl/α,β-unsaturated/α-hetero) is 1. The number of phosphoric ester groups is 2. The molecule has 1 unspecified atom stereocenters. The number of aliphatic hydroxyl groups is 6. The zero-order valence-corrected chi connectivity index (χ0v) is 42.0. The molecule has 2 fully saturated rings. The topological polar surface area (TPSA) is 314 Å². The largest absolute Gasteiger partial charge is 0.472 e. The summed E-state index contributed by atoms with van der Waals surface area (Å²) in [5, 5.41) is 68.2. The van der Waals surface area contributed by atoms with Gasteiger partial charge < -0.3 is 54.8 Å². The van der Waals surface area contributed by atoms with E-state index in [1.165, 1.54) is 32.1 Å². The van der Waals surface area contributed by atoms with Gasteiger partial charge >= 0.3 is 27.6 Å². The Kier molecular flexibility index (Phi) is 31.5. The van der Waals surface area contributed by atoms with Crippen LogP contribution in [-0.4, -0.2) is 131 Å². The number of hydrogen-bond acceptors (Lipinski definition) is 16. The summed E-state index contributed by atoms with van der Waals surface area (Å²) in [7, 11) is -11.5. The molecule has 1 heterocycles. The van der Waals surface area contributed by atoms with Crippen molar-refractivity contribution >= 4 is 33.4 Å². The number of aliphatic hydroxyl groups excluding tert-OH is 6. The van der Waals surface area contributed by atoms with Crippen LogP contribution >= 0.6 is 15.6 Å². The van der Waals surface area contributed by atoms with Crippen molar-refractivity contribution in [3.8, 4) is 0 Å². The maximum absolute atomic E-state index is 13.9. The van der Waals surface area contributed by atoms with E-state index in [9.17, 15) is 68.8 Å². The first-order valence-corrected chi connectivity index (χ1v) is 28.0. The molecule has 396 valence electrons. The quantitative estimate of drug-likeness (QED) is 0.0221. The lowest BCUT2D eigenvalue weighted by atomic mass is 9.82. The van der Waals surface area contributed by atoms with E-state index in [0.29, 0.717) is 32.1 Å². The Morgan fingerprint density at radius 2 is 1.44 bits per heavy atom.